The molecule has 1 aliphatic heterocycles. The topological polar surface area (TPSA) is 87.7 Å². The second kappa shape index (κ2) is 10.4. The number of carbonyl (C=O) groups is 3. The van der Waals surface area contributed by atoms with E-state index in [2.05, 4.69) is 10.6 Å². The van der Waals surface area contributed by atoms with E-state index in [-0.39, 0.29) is 24.5 Å². The molecule has 0 saturated carbocycles. The van der Waals surface area contributed by atoms with Crippen molar-refractivity contribution in [2.75, 3.05) is 30.4 Å². The van der Waals surface area contributed by atoms with E-state index in [1.807, 2.05) is 51.1 Å². The standard InChI is InChI=1S/C25H31N3O4/c1-16(2)25(31)28-13-7-9-18-11-12-19(14-21(18)28)27-24(30)23(29)26-15-22(32-4)20-10-6-5-8-17(20)3/h5-6,8,10-12,14,16,22H,7,9,13,15H2,1-4H3,(H,26,29)(H,27,30). The van der Waals surface area contributed by atoms with Gasteiger partial charge in [0.05, 0.1) is 6.10 Å². The highest BCUT2D eigenvalue weighted by Crippen LogP contribution is 2.31. The predicted octanol–water partition coefficient (Wildman–Crippen LogP) is 3.37. The van der Waals surface area contributed by atoms with Gasteiger partial charge in [-0.05, 0) is 48.6 Å². The molecule has 1 unspecified atom stereocenters. The first kappa shape index (κ1) is 23.5. The van der Waals surface area contributed by atoms with Crippen molar-refractivity contribution < 1.29 is 19.1 Å². The molecule has 0 aliphatic carbocycles. The summed E-state index contributed by atoms with van der Waals surface area (Å²) in [5.41, 5.74) is 4.35. The molecule has 0 aromatic heterocycles. The molecule has 2 N–H and O–H groups in total. The zero-order valence-corrected chi connectivity index (χ0v) is 19.1. The monoisotopic (exact) mass is 437 g/mol. The Hall–Kier alpha value is -3.19. The molecular formula is C25H31N3O4. The summed E-state index contributed by atoms with van der Waals surface area (Å²) in [4.78, 5) is 39.2. The van der Waals surface area contributed by atoms with Crippen molar-refractivity contribution in [2.24, 2.45) is 5.92 Å². The number of fused-ring (bicyclic) bond motifs is 1. The number of methoxy groups -OCH3 is 1. The van der Waals surface area contributed by atoms with E-state index in [9.17, 15) is 14.4 Å². The molecule has 2 aromatic rings. The van der Waals surface area contributed by atoms with Gasteiger partial charge in [-0.1, -0.05) is 44.2 Å². The number of ether oxygens (including phenoxy) is 1. The summed E-state index contributed by atoms with van der Waals surface area (Å²) in [5.74, 6) is -1.57. The third-order valence-corrected chi connectivity index (χ3v) is 5.70. The van der Waals surface area contributed by atoms with Crippen LogP contribution in [0.1, 0.15) is 43.1 Å². The van der Waals surface area contributed by atoms with Gasteiger partial charge >= 0.3 is 11.8 Å². The second-order valence-corrected chi connectivity index (χ2v) is 8.34. The van der Waals surface area contributed by atoms with Crippen LogP contribution in [0.3, 0.4) is 0 Å². The fraction of sp³-hybridized carbons (Fsp3) is 0.400. The number of rotatable bonds is 6. The van der Waals surface area contributed by atoms with E-state index in [0.717, 1.165) is 35.2 Å². The average Bonchev–Trinajstić information content (AvgIpc) is 2.79. The summed E-state index contributed by atoms with van der Waals surface area (Å²) in [6.45, 7) is 6.54. The number of benzene rings is 2. The van der Waals surface area contributed by atoms with Crippen molar-refractivity contribution in [3.8, 4) is 0 Å². The van der Waals surface area contributed by atoms with Crippen LogP contribution in [0.25, 0.3) is 0 Å². The maximum Gasteiger partial charge on any atom is 0.313 e. The lowest BCUT2D eigenvalue weighted by Crippen LogP contribution is -2.39. The Morgan fingerprint density at radius 1 is 1.09 bits per heavy atom. The number of nitrogens with zero attached hydrogens (tertiary/aromatic N) is 1. The Labute approximate surface area is 189 Å². The average molecular weight is 438 g/mol. The maximum absolute atomic E-state index is 12.6. The first-order chi connectivity index (χ1) is 15.3. The molecule has 0 spiro atoms. The lowest BCUT2D eigenvalue weighted by Gasteiger charge is -2.31. The zero-order chi connectivity index (χ0) is 23.3. The Balaban J connectivity index is 1.65. The minimum Gasteiger partial charge on any atom is -0.375 e. The van der Waals surface area contributed by atoms with Crippen LogP contribution < -0.4 is 15.5 Å². The lowest BCUT2D eigenvalue weighted by molar-refractivity contribution is -0.136. The summed E-state index contributed by atoms with van der Waals surface area (Å²) < 4.78 is 5.50. The van der Waals surface area contributed by atoms with Crippen molar-refractivity contribution in [1.82, 2.24) is 5.32 Å². The van der Waals surface area contributed by atoms with Gasteiger partial charge in [-0.2, -0.15) is 0 Å². The third kappa shape index (κ3) is 5.34. The number of hydrogen-bond acceptors (Lipinski definition) is 4. The Morgan fingerprint density at radius 3 is 2.53 bits per heavy atom. The molecule has 1 aliphatic rings. The Kier molecular flexibility index (Phi) is 7.64. The van der Waals surface area contributed by atoms with Gasteiger partial charge in [0.2, 0.25) is 5.91 Å². The van der Waals surface area contributed by atoms with Crippen molar-refractivity contribution in [1.29, 1.82) is 0 Å². The largest absolute Gasteiger partial charge is 0.375 e. The van der Waals surface area contributed by atoms with E-state index in [1.54, 1.807) is 24.1 Å². The Bertz CT molecular complexity index is 1000. The van der Waals surface area contributed by atoms with Crippen molar-refractivity contribution in [3.63, 3.8) is 0 Å². The molecule has 0 bridgehead atoms. The smallest absolute Gasteiger partial charge is 0.313 e. The third-order valence-electron chi connectivity index (χ3n) is 5.70. The summed E-state index contributed by atoms with van der Waals surface area (Å²) in [6.07, 6.45) is 1.43. The number of nitrogens with one attached hydrogen (secondary N) is 2. The van der Waals surface area contributed by atoms with Gasteiger partial charge in [0, 0.05) is 37.5 Å². The molecule has 2 aromatic carbocycles. The van der Waals surface area contributed by atoms with E-state index >= 15 is 0 Å². The van der Waals surface area contributed by atoms with Gasteiger partial charge in [-0.15, -0.1) is 0 Å². The van der Waals surface area contributed by atoms with Gasteiger partial charge in [0.25, 0.3) is 0 Å². The minimum atomic E-state index is -0.762. The number of aryl methyl sites for hydroxylation is 2. The maximum atomic E-state index is 12.6. The molecule has 170 valence electrons. The van der Waals surface area contributed by atoms with E-state index in [1.165, 1.54) is 0 Å². The van der Waals surface area contributed by atoms with Crippen molar-refractivity contribution in [3.05, 3.63) is 59.2 Å². The van der Waals surface area contributed by atoms with Crippen LogP contribution >= 0.6 is 0 Å². The fourth-order valence-electron chi connectivity index (χ4n) is 3.91. The van der Waals surface area contributed by atoms with Gasteiger partial charge < -0.3 is 20.3 Å². The van der Waals surface area contributed by atoms with Gasteiger partial charge in [-0.25, -0.2) is 0 Å². The molecule has 0 fully saturated rings. The minimum absolute atomic E-state index is 0.0500. The summed E-state index contributed by atoms with van der Waals surface area (Å²) >= 11 is 0. The number of hydrogen-bond donors (Lipinski definition) is 2. The predicted molar refractivity (Wildman–Crippen MR) is 125 cm³/mol. The van der Waals surface area contributed by atoms with Gasteiger partial charge in [0.15, 0.2) is 0 Å². The number of carbonyl (C=O) groups excluding carboxylic acids is 3. The highest BCUT2D eigenvalue weighted by molar-refractivity contribution is 6.39. The highest BCUT2D eigenvalue weighted by atomic mass is 16.5. The molecule has 3 rings (SSSR count). The number of anilines is 2. The van der Waals surface area contributed by atoms with Crippen molar-refractivity contribution >= 4 is 29.1 Å². The first-order valence-electron chi connectivity index (χ1n) is 10.9. The van der Waals surface area contributed by atoms with Crippen LogP contribution in [0.5, 0.6) is 0 Å². The molecule has 1 atom stereocenters. The first-order valence-corrected chi connectivity index (χ1v) is 10.9. The van der Waals surface area contributed by atoms with Crippen LogP contribution in [0.2, 0.25) is 0 Å². The molecule has 32 heavy (non-hydrogen) atoms. The zero-order valence-electron chi connectivity index (χ0n) is 19.1. The molecule has 0 saturated heterocycles. The SMILES string of the molecule is COC(CNC(=O)C(=O)Nc1ccc2c(c1)N(C(=O)C(C)C)CCC2)c1ccccc1C. The van der Waals surface area contributed by atoms with Gasteiger partial charge in [0.1, 0.15) is 0 Å². The second-order valence-electron chi connectivity index (χ2n) is 8.34. The van der Waals surface area contributed by atoms with Gasteiger partial charge in [-0.3, -0.25) is 14.4 Å². The fourth-order valence-corrected chi connectivity index (χ4v) is 3.91. The van der Waals surface area contributed by atoms with Crippen LogP contribution in [0.15, 0.2) is 42.5 Å². The van der Waals surface area contributed by atoms with Crippen LogP contribution in [0, 0.1) is 12.8 Å². The van der Waals surface area contributed by atoms with E-state index in [4.69, 9.17) is 4.74 Å². The lowest BCUT2D eigenvalue weighted by atomic mass is 9.99. The summed E-state index contributed by atoms with van der Waals surface area (Å²) in [5, 5.41) is 5.29. The molecular weight excluding hydrogens is 406 g/mol. The van der Waals surface area contributed by atoms with Crippen molar-refractivity contribution in [2.45, 2.75) is 39.7 Å². The van der Waals surface area contributed by atoms with E-state index < -0.39 is 11.8 Å². The molecule has 1 heterocycles. The quantitative estimate of drug-likeness (QED) is 0.679. The summed E-state index contributed by atoms with van der Waals surface area (Å²) in [6, 6.07) is 13.2. The normalized spacial score (nSPS) is 14.0. The van der Waals surface area contributed by atoms with Crippen LogP contribution in [0.4, 0.5) is 11.4 Å². The molecule has 7 nitrogen and oxygen atoms in total. The van der Waals surface area contributed by atoms with Crippen LogP contribution in [-0.2, 0) is 25.5 Å². The molecule has 3 amide bonds. The Morgan fingerprint density at radius 2 is 1.84 bits per heavy atom. The summed E-state index contributed by atoms with van der Waals surface area (Å²) in [7, 11) is 1.57. The van der Waals surface area contributed by atoms with E-state index in [0.29, 0.717) is 12.2 Å². The number of amides is 3. The van der Waals surface area contributed by atoms with Crippen LogP contribution in [-0.4, -0.2) is 37.9 Å². The highest BCUT2D eigenvalue weighted by Gasteiger charge is 2.25. The molecule has 7 heteroatoms. The molecule has 0 radical (unpaired) electrons.